The van der Waals surface area contributed by atoms with E-state index in [2.05, 4.69) is 76.4 Å². The van der Waals surface area contributed by atoms with E-state index in [0.29, 0.717) is 0 Å². The first-order valence-corrected chi connectivity index (χ1v) is 9.10. The highest BCUT2D eigenvalue weighted by Gasteiger charge is 2.29. The van der Waals surface area contributed by atoms with Gasteiger partial charge in [0.1, 0.15) is 6.17 Å². The average molecular weight is 360 g/mol. The third-order valence-corrected chi connectivity index (χ3v) is 5.26. The molecule has 1 aliphatic rings. The van der Waals surface area contributed by atoms with Crippen LogP contribution in [0.3, 0.4) is 0 Å². The van der Waals surface area contributed by atoms with Gasteiger partial charge in [0.05, 0.1) is 6.04 Å². The van der Waals surface area contributed by atoms with Gasteiger partial charge in [-0.2, -0.15) is 0 Å². The summed E-state index contributed by atoms with van der Waals surface area (Å²) in [6.07, 6.45) is 2.09. The molecular weight excluding hydrogens is 342 g/mol. The van der Waals surface area contributed by atoms with E-state index in [0.717, 1.165) is 16.2 Å². The van der Waals surface area contributed by atoms with Gasteiger partial charge in [0, 0.05) is 33.4 Å². The van der Waals surface area contributed by atoms with Crippen LogP contribution >= 0.6 is 11.6 Å². The zero-order valence-electron chi connectivity index (χ0n) is 14.0. The Hall–Kier alpha value is -2.75. The van der Waals surface area contributed by atoms with Crippen molar-refractivity contribution < 1.29 is 0 Å². The fourth-order valence-corrected chi connectivity index (χ4v) is 3.96. The number of H-pyrrole nitrogens is 1. The number of fused-ring (bicyclic) bond motifs is 2. The number of halogens is 1. The monoisotopic (exact) mass is 359 g/mol. The van der Waals surface area contributed by atoms with E-state index in [1.165, 1.54) is 22.1 Å². The first kappa shape index (κ1) is 15.5. The van der Waals surface area contributed by atoms with Crippen molar-refractivity contribution in [3.63, 3.8) is 0 Å². The number of nitrogens with one attached hydrogen (secondary N) is 3. The first-order valence-electron chi connectivity index (χ1n) is 8.72. The molecule has 1 aliphatic heterocycles. The number of hydrogen-bond acceptors (Lipinski definition) is 2. The lowest BCUT2D eigenvalue weighted by atomic mass is 9.93. The van der Waals surface area contributed by atoms with Crippen LogP contribution in [0.15, 0.2) is 79.0 Å². The van der Waals surface area contributed by atoms with Crippen molar-refractivity contribution in [2.75, 3.05) is 5.32 Å². The van der Waals surface area contributed by atoms with Crippen LogP contribution in [-0.2, 0) is 0 Å². The van der Waals surface area contributed by atoms with Gasteiger partial charge >= 0.3 is 0 Å². The van der Waals surface area contributed by atoms with E-state index < -0.39 is 0 Å². The third kappa shape index (κ3) is 2.57. The lowest BCUT2D eigenvalue weighted by Gasteiger charge is -2.35. The molecule has 0 fully saturated rings. The molecule has 0 bridgehead atoms. The quantitative estimate of drug-likeness (QED) is 0.434. The van der Waals surface area contributed by atoms with E-state index in [9.17, 15) is 0 Å². The molecule has 0 amide bonds. The normalized spacial score (nSPS) is 19.1. The van der Waals surface area contributed by atoms with Crippen LogP contribution < -0.4 is 10.6 Å². The van der Waals surface area contributed by atoms with Gasteiger partial charge in [-0.25, -0.2) is 0 Å². The van der Waals surface area contributed by atoms with Gasteiger partial charge in [-0.3, -0.25) is 5.32 Å². The lowest BCUT2D eigenvalue weighted by Crippen LogP contribution is -2.37. The smallest absolute Gasteiger partial charge is 0.106 e. The first-order chi connectivity index (χ1) is 12.8. The molecule has 3 nitrogen and oxygen atoms in total. The largest absolute Gasteiger partial charge is 0.366 e. The molecule has 0 radical (unpaired) electrons. The van der Waals surface area contributed by atoms with Crippen molar-refractivity contribution in [2.24, 2.45) is 0 Å². The fourth-order valence-electron chi connectivity index (χ4n) is 3.78. The molecule has 0 saturated heterocycles. The fraction of sp³-hybridized carbons (Fsp3) is 0.0909. The summed E-state index contributed by atoms with van der Waals surface area (Å²) in [5, 5.41) is 9.36. The lowest BCUT2D eigenvalue weighted by molar-refractivity contribution is 0.508. The Morgan fingerprint density at radius 3 is 2.50 bits per heavy atom. The highest BCUT2D eigenvalue weighted by Crippen LogP contribution is 2.39. The summed E-state index contributed by atoms with van der Waals surface area (Å²) in [4.78, 5) is 3.37. The number of hydrogen-bond donors (Lipinski definition) is 3. The zero-order valence-corrected chi connectivity index (χ0v) is 14.8. The molecule has 1 aromatic heterocycles. The third-order valence-electron chi connectivity index (χ3n) is 5.02. The van der Waals surface area contributed by atoms with Gasteiger partial charge in [-0.15, -0.1) is 0 Å². The SMILES string of the molecule is Clc1ccc2c(c1)[C@@H](c1ccccc1)N[C@@H](c1c[nH]c3ccccc13)N2. The Morgan fingerprint density at radius 2 is 1.62 bits per heavy atom. The molecule has 4 aromatic rings. The number of benzene rings is 3. The van der Waals surface area contributed by atoms with Gasteiger partial charge in [0.25, 0.3) is 0 Å². The second kappa shape index (κ2) is 6.20. The van der Waals surface area contributed by atoms with Crippen LogP contribution in [0.5, 0.6) is 0 Å². The van der Waals surface area contributed by atoms with E-state index in [4.69, 9.17) is 11.6 Å². The summed E-state index contributed by atoms with van der Waals surface area (Å²) in [5.41, 5.74) is 5.85. The molecule has 0 unspecified atom stereocenters. The van der Waals surface area contributed by atoms with E-state index in [1.807, 2.05) is 18.2 Å². The van der Waals surface area contributed by atoms with Gasteiger partial charge in [0.15, 0.2) is 0 Å². The molecule has 2 heterocycles. The standard InChI is InChI=1S/C22H18ClN3/c23-15-10-11-20-17(12-15)21(14-6-2-1-3-7-14)26-22(25-20)18-13-24-19-9-5-4-8-16(18)19/h1-13,21-22,24-26H/t21-,22+/m1/s1. The van der Waals surface area contributed by atoms with Gasteiger partial charge < -0.3 is 10.3 Å². The molecule has 0 aliphatic carbocycles. The Bertz CT molecular complexity index is 1070. The zero-order chi connectivity index (χ0) is 17.5. The molecule has 26 heavy (non-hydrogen) atoms. The van der Waals surface area contributed by atoms with Crippen molar-refractivity contribution in [1.29, 1.82) is 0 Å². The maximum atomic E-state index is 6.28. The summed E-state index contributed by atoms with van der Waals surface area (Å²) in [6, 6.07) is 25.0. The summed E-state index contributed by atoms with van der Waals surface area (Å²) in [7, 11) is 0. The summed E-state index contributed by atoms with van der Waals surface area (Å²) in [6.45, 7) is 0. The Kier molecular flexibility index (Phi) is 3.70. The molecule has 3 aromatic carbocycles. The maximum absolute atomic E-state index is 6.28. The van der Waals surface area contributed by atoms with Crippen molar-refractivity contribution >= 4 is 28.2 Å². The predicted octanol–water partition coefficient (Wildman–Crippen LogP) is 5.62. The van der Waals surface area contributed by atoms with Gasteiger partial charge in [0.2, 0.25) is 0 Å². The molecule has 0 spiro atoms. The minimum absolute atomic E-state index is 0.00466. The van der Waals surface area contributed by atoms with Crippen LogP contribution in [0.4, 0.5) is 5.69 Å². The van der Waals surface area contributed by atoms with Crippen molar-refractivity contribution in [2.45, 2.75) is 12.2 Å². The minimum atomic E-state index is 0.00466. The molecule has 2 atom stereocenters. The maximum Gasteiger partial charge on any atom is 0.106 e. The van der Waals surface area contributed by atoms with Gasteiger partial charge in [-0.05, 0) is 35.4 Å². The summed E-state index contributed by atoms with van der Waals surface area (Å²) in [5.74, 6) is 0. The molecule has 0 saturated carbocycles. The Morgan fingerprint density at radius 1 is 0.808 bits per heavy atom. The van der Waals surface area contributed by atoms with E-state index in [1.54, 1.807) is 0 Å². The molecule has 4 heteroatoms. The van der Waals surface area contributed by atoms with Crippen LogP contribution in [0, 0.1) is 0 Å². The number of aromatic nitrogens is 1. The van der Waals surface area contributed by atoms with E-state index in [-0.39, 0.29) is 12.2 Å². The van der Waals surface area contributed by atoms with E-state index >= 15 is 0 Å². The Labute approximate surface area is 157 Å². The second-order valence-corrected chi connectivity index (χ2v) is 7.05. The topological polar surface area (TPSA) is 39.9 Å². The number of aromatic amines is 1. The van der Waals surface area contributed by atoms with Crippen molar-refractivity contribution in [1.82, 2.24) is 10.3 Å². The minimum Gasteiger partial charge on any atom is -0.366 e. The van der Waals surface area contributed by atoms with Crippen LogP contribution in [0.2, 0.25) is 5.02 Å². The Balaban J connectivity index is 1.63. The van der Waals surface area contributed by atoms with Crippen LogP contribution in [0.1, 0.15) is 28.9 Å². The molecular formula is C22H18ClN3. The average Bonchev–Trinajstić information content (AvgIpc) is 3.12. The number of para-hydroxylation sites is 1. The number of rotatable bonds is 2. The highest BCUT2D eigenvalue weighted by atomic mass is 35.5. The highest BCUT2D eigenvalue weighted by molar-refractivity contribution is 6.30. The summed E-state index contributed by atoms with van der Waals surface area (Å²) >= 11 is 6.28. The second-order valence-electron chi connectivity index (χ2n) is 6.61. The molecule has 3 N–H and O–H groups in total. The van der Waals surface area contributed by atoms with Crippen molar-refractivity contribution in [3.8, 4) is 0 Å². The molecule has 5 rings (SSSR count). The van der Waals surface area contributed by atoms with Crippen LogP contribution in [0.25, 0.3) is 10.9 Å². The summed E-state index contributed by atoms with van der Waals surface area (Å²) < 4.78 is 0. The van der Waals surface area contributed by atoms with Crippen molar-refractivity contribution in [3.05, 3.63) is 101 Å². The van der Waals surface area contributed by atoms with Gasteiger partial charge in [-0.1, -0.05) is 60.1 Å². The van der Waals surface area contributed by atoms with Crippen LogP contribution in [-0.4, -0.2) is 4.98 Å². The predicted molar refractivity (Wildman–Crippen MR) is 108 cm³/mol. The molecule has 128 valence electrons. The number of anilines is 1.